The molecule has 13 heavy (non-hydrogen) atoms. The van der Waals surface area contributed by atoms with Crippen LogP contribution in [0.4, 0.5) is 0 Å². The molecule has 3 N–H and O–H groups in total. The fraction of sp³-hybridized carbons (Fsp3) is 1.00. The lowest BCUT2D eigenvalue weighted by Crippen LogP contribution is -2.40. The number of hydrogen-bond acceptors (Lipinski definition) is 2. The van der Waals surface area contributed by atoms with Gasteiger partial charge < -0.3 is 11.1 Å². The summed E-state index contributed by atoms with van der Waals surface area (Å²) in [7, 11) is 0. The van der Waals surface area contributed by atoms with Crippen LogP contribution in [0.25, 0.3) is 0 Å². The third-order valence-corrected chi connectivity index (χ3v) is 3.62. The first-order valence-corrected chi connectivity index (χ1v) is 5.83. The van der Waals surface area contributed by atoms with Crippen LogP contribution >= 0.6 is 0 Å². The van der Waals surface area contributed by atoms with Gasteiger partial charge in [0.05, 0.1) is 0 Å². The third-order valence-electron chi connectivity index (χ3n) is 3.62. The summed E-state index contributed by atoms with van der Waals surface area (Å²) in [6.07, 6.45) is 9.48. The summed E-state index contributed by atoms with van der Waals surface area (Å²) in [5.74, 6) is 0.865. The molecule has 0 aromatic carbocycles. The molecule has 0 aromatic heterocycles. The predicted octanol–water partition coefficient (Wildman–Crippen LogP) is 1.65. The Balaban J connectivity index is 1.62. The monoisotopic (exact) mass is 182 g/mol. The largest absolute Gasteiger partial charge is 0.328 e. The Bertz CT molecular complexity index is 154. The van der Waals surface area contributed by atoms with E-state index in [1.54, 1.807) is 0 Å². The van der Waals surface area contributed by atoms with Crippen LogP contribution in [0, 0.1) is 5.92 Å². The molecule has 0 aromatic rings. The predicted molar refractivity (Wildman–Crippen MR) is 55.6 cm³/mol. The van der Waals surface area contributed by atoms with Crippen molar-refractivity contribution in [2.45, 2.75) is 57.0 Å². The number of nitrogens with two attached hydrogens (primary N) is 1. The van der Waals surface area contributed by atoms with E-state index < -0.39 is 0 Å². The van der Waals surface area contributed by atoms with Gasteiger partial charge in [-0.2, -0.15) is 0 Å². The lowest BCUT2D eigenvalue weighted by Gasteiger charge is -2.31. The van der Waals surface area contributed by atoms with Gasteiger partial charge in [-0.25, -0.2) is 0 Å². The Labute approximate surface area is 81.3 Å². The van der Waals surface area contributed by atoms with E-state index in [-0.39, 0.29) is 0 Å². The average molecular weight is 182 g/mol. The van der Waals surface area contributed by atoms with E-state index in [2.05, 4.69) is 5.32 Å². The van der Waals surface area contributed by atoms with Gasteiger partial charge in [0.2, 0.25) is 0 Å². The van der Waals surface area contributed by atoms with Crippen molar-refractivity contribution in [2.24, 2.45) is 11.7 Å². The fourth-order valence-corrected chi connectivity index (χ4v) is 2.46. The van der Waals surface area contributed by atoms with Crippen LogP contribution in [0.5, 0.6) is 0 Å². The molecule has 2 fully saturated rings. The van der Waals surface area contributed by atoms with Gasteiger partial charge in [-0.3, -0.25) is 0 Å². The smallest absolute Gasteiger partial charge is 0.00671 e. The maximum atomic E-state index is 5.95. The van der Waals surface area contributed by atoms with Crippen LogP contribution in [0.1, 0.15) is 44.9 Å². The van der Waals surface area contributed by atoms with Gasteiger partial charge in [-0.1, -0.05) is 12.8 Å². The quantitative estimate of drug-likeness (QED) is 0.696. The Hall–Kier alpha value is -0.0800. The second-order valence-corrected chi connectivity index (χ2v) is 4.83. The molecule has 2 aliphatic rings. The van der Waals surface area contributed by atoms with Crippen LogP contribution in [0.3, 0.4) is 0 Å². The highest BCUT2D eigenvalue weighted by Gasteiger charge is 2.22. The first-order valence-electron chi connectivity index (χ1n) is 5.83. The first kappa shape index (κ1) is 9.47. The summed E-state index contributed by atoms with van der Waals surface area (Å²) in [4.78, 5) is 0. The summed E-state index contributed by atoms with van der Waals surface area (Å²) in [6, 6.07) is 1.33. The van der Waals surface area contributed by atoms with Gasteiger partial charge in [0.15, 0.2) is 0 Å². The molecule has 2 unspecified atom stereocenters. The van der Waals surface area contributed by atoms with Gasteiger partial charge in [-0.15, -0.1) is 0 Å². The third kappa shape index (κ3) is 2.68. The minimum Gasteiger partial charge on any atom is -0.328 e. The molecule has 2 atom stereocenters. The molecule has 0 heterocycles. The zero-order chi connectivity index (χ0) is 9.10. The van der Waals surface area contributed by atoms with Gasteiger partial charge in [0.1, 0.15) is 0 Å². The molecule has 2 rings (SSSR count). The van der Waals surface area contributed by atoms with Crippen molar-refractivity contribution in [3.8, 4) is 0 Å². The normalized spacial score (nSPS) is 35.8. The van der Waals surface area contributed by atoms with E-state index in [4.69, 9.17) is 5.73 Å². The standard InChI is InChI=1S/C11H22N2/c12-10-4-1-3-9(7-10)8-13-11-5-2-6-11/h9-11,13H,1-8,12H2. The summed E-state index contributed by atoms with van der Waals surface area (Å²) >= 11 is 0. The molecule has 2 heteroatoms. The molecule has 2 nitrogen and oxygen atoms in total. The van der Waals surface area contributed by atoms with E-state index in [0.717, 1.165) is 12.0 Å². The second kappa shape index (κ2) is 4.43. The zero-order valence-corrected chi connectivity index (χ0v) is 8.47. The summed E-state index contributed by atoms with van der Waals surface area (Å²) in [6.45, 7) is 1.22. The molecular weight excluding hydrogens is 160 g/mol. The van der Waals surface area contributed by atoms with Gasteiger partial charge in [0.25, 0.3) is 0 Å². The zero-order valence-electron chi connectivity index (χ0n) is 8.47. The van der Waals surface area contributed by atoms with Crippen molar-refractivity contribution in [1.29, 1.82) is 0 Å². The second-order valence-electron chi connectivity index (χ2n) is 4.83. The highest BCUT2D eigenvalue weighted by Crippen LogP contribution is 2.24. The SMILES string of the molecule is NC1CCCC(CNC2CCC2)C1. The molecule has 0 radical (unpaired) electrons. The van der Waals surface area contributed by atoms with Gasteiger partial charge >= 0.3 is 0 Å². The Morgan fingerprint density at radius 3 is 2.46 bits per heavy atom. The van der Waals surface area contributed by atoms with Crippen LogP contribution in [-0.4, -0.2) is 18.6 Å². The van der Waals surface area contributed by atoms with Gasteiger partial charge in [0, 0.05) is 12.1 Å². The molecule has 0 aliphatic heterocycles. The minimum atomic E-state index is 0.488. The molecule has 0 saturated heterocycles. The molecular formula is C11H22N2. The summed E-state index contributed by atoms with van der Waals surface area (Å²) < 4.78 is 0. The molecule has 0 spiro atoms. The maximum Gasteiger partial charge on any atom is 0.00671 e. The van der Waals surface area contributed by atoms with E-state index in [0.29, 0.717) is 6.04 Å². The molecule has 76 valence electrons. The summed E-state index contributed by atoms with van der Waals surface area (Å²) in [5, 5.41) is 3.65. The van der Waals surface area contributed by atoms with Crippen LogP contribution in [0.15, 0.2) is 0 Å². The minimum absolute atomic E-state index is 0.488. The number of hydrogen-bond donors (Lipinski definition) is 2. The van der Waals surface area contributed by atoms with Crippen LogP contribution in [-0.2, 0) is 0 Å². The Morgan fingerprint density at radius 2 is 1.85 bits per heavy atom. The van der Waals surface area contributed by atoms with E-state index >= 15 is 0 Å². The van der Waals surface area contributed by atoms with E-state index in [1.165, 1.54) is 51.5 Å². The van der Waals surface area contributed by atoms with Crippen molar-refractivity contribution in [3.05, 3.63) is 0 Å². The molecule has 2 saturated carbocycles. The molecule has 0 bridgehead atoms. The van der Waals surface area contributed by atoms with E-state index in [9.17, 15) is 0 Å². The van der Waals surface area contributed by atoms with Crippen LogP contribution in [0.2, 0.25) is 0 Å². The fourth-order valence-electron chi connectivity index (χ4n) is 2.46. The van der Waals surface area contributed by atoms with Crippen molar-refractivity contribution < 1.29 is 0 Å². The number of rotatable bonds is 3. The lowest BCUT2D eigenvalue weighted by molar-refractivity contribution is 0.267. The topological polar surface area (TPSA) is 38.0 Å². The van der Waals surface area contributed by atoms with Gasteiger partial charge in [-0.05, 0) is 44.6 Å². The molecule has 2 aliphatic carbocycles. The maximum absolute atomic E-state index is 5.95. The van der Waals surface area contributed by atoms with Crippen LogP contribution < -0.4 is 11.1 Å². The van der Waals surface area contributed by atoms with E-state index in [1.807, 2.05) is 0 Å². The Morgan fingerprint density at radius 1 is 1.08 bits per heavy atom. The average Bonchev–Trinajstić information content (AvgIpc) is 2.01. The lowest BCUT2D eigenvalue weighted by atomic mass is 9.85. The highest BCUT2D eigenvalue weighted by atomic mass is 14.9. The number of nitrogens with one attached hydrogen (secondary N) is 1. The Kier molecular flexibility index (Phi) is 3.23. The molecule has 0 amide bonds. The first-order chi connectivity index (χ1) is 6.34. The van der Waals surface area contributed by atoms with Crippen molar-refractivity contribution in [1.82, 2.24) is 5.32 Å². The summed E-state index contributed by atoms with van der Waals surface area (Å²) in [5.41, 5.74) is 5.95. The highest BCUT2D eigenvalue weighted by molar-refractivity contribution is 4.81. The van der Waals surface area contributed by atoms with Crippen molar-refractivity contribution in [3.63, 3.8) is 0 Å². The van der Waals surface area contributed by atoms with Crippen molar-refractivity contribution in [2.75, 3.05) is 6.54 Å². The van der Waals surface area contributed by atoms with Crippen molar-refractivity contribution >= 4 is 0 Å².